The van der Waals surface area contributed by atoms with E-state index in [1.54, 1.807) is 6.92 Å². The first-order valence-electron chi connectivity index (χ1n) is 2.76. The molecule has 0 aliphatic heterocycles. The van der Waals surface area contributed by atoms with Gasteiger partial charge in [-0.1, -0.05) is 0 Å². The minimum atomic E-state index is -0.745. The monoisotopic (exact) mass is 222 g/mol. The Kier molecular flexibility index (Phi) is 2.71. The Labute approximate surface area is 71.6 Å². The number of aliphatic hydroxyl groups excluding tert-OH is 1. The molecule has 0 bridgehead atoms. The normalized spacial score (nSPS) is 13.1. The summed E-state index contributed by atoms with van der Waals surface area (Å²) < 4.78 is 5.89. The Bertz CT molecular complexity index is 209. The van der Waals surface area contributed by atoms with Crippen molar-refractivity contribution in [2.24, 2.45) is 0 Å². The van der Waals surface area contributed by atoms with Crippen LogP contribution in [-0.4, -0.2) is 11.4 Å². The van der Waals surface area contributed by atoms with Crippen molar-refractivity contribution in [3.05, 3.63) is 15.2 Å². The van der Waals surface area contributed by atoms with E-state index < -0.39 is 6.29 Å². The van der Waals surface area contributed by atoms with E-state index in [0.29, 0.717) is 5.75 Å². The molecule has 1 heterocycles. The van der Waals surface area contributed by atoms with Crippen LogP contribution in [0.3, 0.4) is 0 Å². The van der Waals surface area contributed by atoms with E-state index in [-0.39, 0.29) is 0 Å². The molecule has 1 aromatic rings. The highest BCUT2D eigenvalue weighted by molar-refractivity contribution is 9.10. The van der Waals surface area contributed by atoms with Gasteiger partial charge in [0.15, 0.2) is 6.29 Å². The SMILES string of the molecule is CC(O)Oc1cscc1Br. The number of hydrogen-bond donors (Lipinski definition) is 1. The number of hydrogen-bond acceptors (Lipinski definition) is 3. The van der Waals surface area contributed by atoms with E-state index in [0.717, 1.165) is 4.47 Å². The van der Waals surface area contributed by atoms with Gasteiger partial charge < -0.3 is 9.84 Å². The molecule has 1 atom stereocenters. The molecule has 0 aromatic carbocycles. The van der Waals surface area contributed by atoms with Crippen molar-refractivity contribution in [1.82, 2.24) is 0 Å². The van der Waals surface area contributed by atoms with Crippen molar-refractivity contribution >= 4 is 27.3 Å². The Morgan fingerprint density at radius 2 is 2.40 bits per heavy atom. The molecular formula is C6H7BrO2S. The van der Waals surface area contributed by atoms with Crippen LogP contribution < -0.4 is 4.74 Å². The fraction of sp³-hybridized carbons (Fsp3) is 0.333. The minimum Gasteiger partial charge on any atom is -0.463 e. The highest BCUT2D eigenvalue weighted by Gasteiger charge is 2.03. The second-order valence-electron chi connectivity index (χ2n) is 1.80. The van der Waals surface area contributed by atoms with E-state index in [1.165, 1.54) is 11.3 Å². The Hall–Kier alpha value is -0.0600. The largest absolute Gasteiger partial charge is 0.463 e. The molecule has 0 aliphatic carbocycles. The van der Waals surface area contributed by atoms with Crippen LogP contribution in [0.5, 0.6) is 5.75 Å². The van der Waals surface area contributed by atoms with Crippen molar-refractivity contribution in [3.63, 3.8) is 0 Å². The van der Waals surface area contributed by atoms with Crippen LogP contribution in [-0.2, 0) is 0 Å². The number of halogens is 1. The quantitative estimate of drug-likeness (QED) is 0.779. The molecule has 0 amide bonds. The number of aliphatic hydroxyl groups is 1. The lowest BCUT2D eigenvalue weighted by Crippen LogP contribution is -2.08. The second-order valence-corrected chi connectivity index (χ2v) is 3.40. The van der Waals surface area contributed by atoms with Crippen molar-refractivity contribution in [2.45, 2.75) is 13.2 Å². The van der Waals surface area contributed by atoms with Crippen LogP contribution in [0.2, 0.25) is 0 Å². The summed E-state index contributed by atoms with van der Waals surface area (Å²) >= 11 is 4.79. The minimum absolute atomic E-state index is 0.694. The fourth-order valence-electron chi connectivity index (χ4n) is 0.538. The predicted molar refractivity (Wildman–Crippen MR) is 44.3 cm³/mol. The average molecular weight is 223 g/mol. The second kappa shape index (κ2) is 3.37. The molecule has 2 nitrogen and oxygen atoms in total. The maximum Gasteiger partial charge on any atom is 0.194 e. The molecule has 10 heavy (non-hydrogen) atoms. The molecule has 0 aliphatic rings. The first kappa shape index (κ1) is 8.04. The molecule has 1 N–H and O–H groups in total. The van der Waals surface area contributed by atoms with E-state index in [1.807, 2.05) is 10.8 Å². The van der Waals surface area contributed by atoms with Crippen molar-refractivity contribution in [1.29, 1.82) is 0 Å². The lowest BCUT2D eigenvalue weighted by atomic mass is 10.6. The third-order valence-corrected chi connectivity index (χ3v) is 2.52. The summed E-state index contributed by atoms with van der Waals surface area (Å²) in [6.45, 7) is 1.57. The van der Waals surface area contributed by atoms with Crippen LogP contribution in [0, 0.1) is 0 Å². The predicted octanol–water partition coefficient (Wildman–Crippen LogP) is 2.23. The zero-order valence-corrected chi connectivity index (χ0v) is 7.78. The summed E-state index contributed by atoms with van der Waals surface area (Å²) in [6, 6.07) is 0. The molecular weight excluding hydrogens is 216 g/mol. The van der Waals surface area contributed by atoms with Crippen molar-refractivity contribution in [3.8, 4) is 5.75 Å². The summed E-state index contributed by atoms with van der Waals surface area (Å²) in [6.07, 6.45) is -0.745. The Morgan fingerprint density at radius 3 is 2.80 bits per heavy atom. The van der Waals surface area contributed by atoms with E-state index in [2.05, 4.69) is 15.9 Å². The summed E-state index contributed by atoms with van der Waals surface area (Å²) in [5.41, 5.74) is 0. The van der Waals surface area contributed by atoms with Gasteiger partial charge in [0.05, 0.1) is 4.47 Å². The number of rotatable bonds is 2. The molecule has 1 rings (SSSR count). The zero-order valence-electron chi connectivity index (χ0n) is 5.37. The maximum atomic E-state index is 8.81. The van der Waals surface area contributed by atoms with Gasteiger partial charge in [-0.3, -0.25) is 0 Å². The van der Waals surface area contributed by atoms with Crippen molar-refractivity contribution < 1.29 is 9.84 Å². The highest BCUT2D eigenvalue weighted by Crippen LogP contribution is 2.29. The third kappa shape index (κ3) is 1.97. The molecule has 0 saturated carbocycles. The zero-order chi connectivity index (χ0) is 7.56. The Balaban J connectivity index is 2.65. The van der Waals surface area contributed by atoms with Crippen LogP contribution in [0.25, 0.3) is 0 Å². The highest BCUT2D eigenvalue weighted by atomic mass is 79.9. The van der Waals surface area contributed by atoms with Crippen LogP contribution in [0.1, 0.15) is 6.92 Å². The fourth-order valence-corrected chi connectivity index (χ4v) is 1.83. The summed E-state index contributed by atoms with van der Waals surface area (Å²) in [7, 11) is 0. The first-order chi connectivity index (χ1) is 4.70. The summed E-state index contributed by atoms with van der Waals surface area (Å²) in [5.74, 6) is 0.694. The lowest BCUT2D eigenvalue weighted by Gasteiger charge is -2.05. The van der Waals surface area contributed by atoms with Gasteiger partial charge in [-0.15, -0.1) is 11.3 Å². The summed E-state index contributed by atoms with van der Waals surface area (Å²) in [4.78, 5) is 0. The molecule has 0 radical (unpaired) electrons. The standard InChI is InChI=1S/C6H7BrO2S/c1-4(8)9-6-3-10-2-5(6)7/h2-4,8H,1H3. The van der Waals surface area contributed by atoms with E-state index in [4.69, 9.17) is 9.84 Å². The maximum absolute atomic E-state index is 8.81. The van der Waals surface area contributed by atoms with Crippen LogP contribution in [0.4, 0.5) is 0 Å². The molecule has 0 fully saturated rings. The van der Waals surface area contributed by atoms with E-state index in [9.17, 15) is 0 Å². The lowest BCUT2D eigenvalue weighted by molar-refractivity contribution is -0.000495. The van der Waals surface area contributed by atoms with Gasteiger partial charge in [0.2, 0.25) is 0 Å². The third-order valence-electron chi connectivity index (χ3n) is 0.880. The van der Waals surface area contributed by atoms with Gasteiger partial charge in [0.1, 0.15) is 5.75 Å². The molecule has 4 heteroatoms. The molecule has 0 spiro atoms. The molecule has 56 valence electrons. The number of thiophene rings is 1. The van der Waals surface area contributed by atoms with Gasteiger partial charge in [-0.25, -0.2) is 0 Å². The smallest absolute Gasteiger partial charge is 0.194 e. The van der Waals surface area contributed by atoms with Gasteiger partial charge >= 0.3 is 0 Å². The molecule has 1 unspecified atom stereocenters. The van der Waals surface area contributed by atoms with Gasteiger partial charge in [-0.05, 0) is 22.9 Å². The van der Waals surface area contributed by atoms with E-state index >= 15 is 0 Å². The van der Waals surface area contributed by atoms with Gasteiger partial charge in [0.25, 0.3) is 0 Å². The average Bonchev–Trinajstić information content (AvgIpc) is 2.15. The summed E-state index contributed by atoms with van der Waals surface area (Å²) in [5, 5.41) is 12.5. The number of ether oxygens (including phenoxy) is 1. The Morgan fingerprint density at radius 1 is 1.70 bits per heavy atom. The van der Waals surface area contributed by atoms with Crippen molar-refractivity contribution in [2.75, 3.05) is 0 Å². The van der Waals surface area contributed by atoms with Gasteiger partial charge in [0, 0.05) is 10.8 Å². The van der Waals surface area contributed by atoms with Gasteiger partial charge in [-0.2, -0.15) is 0 Å². The topological polar surface area (TPSA) is 29.5 Å². The first-order valence-corrected chi connectivity index (χ1v) is 4.50. The van der Waals surface area contributed by atoms with Crippen LogP contribution >= 0.6 is 27.3 Å². The molecule has 1 aromatic heterocycles. The molecule has 0 saturated heterocycles. The van der Waals surface area contributed by atoms with Crippen LogP contribution in [0.15, 0.2) is 15.2 Å².